The van der Waals surface area contributed by atoms with Gasteiger partial charge in [-0.15, -0.1) is 0 Å². The minimum absolute atomic E-state index is 0.0391. The molecule has 1 heterocycles. The van der Waals surface area contributed by atoms with Gasteiger partial charge in [0, 0.05) is 31.0 Å². The molecule has 1 aliphatic heterocycles. The first kappa shape index (κ1) is 24.3. The molecule has 0 radical (unpaired) electrons. The summed E-state index contributed by atoms with van der Waals surface area (Å²) in [4.78, 5) is 43.7. The van der Waals surface area contributed by atoms with Crippen LogP contribution in [0.3, 0.4) is 0 Å². The second-order valence-corrected chi connectivity index (χ2v) is 9.78. The molecule has 1 saturated heterocycles. The summed E-state index contributed by atoms with van der Waals surface area (Å²) >= 11 is 6.55. The Hall–Kier alpha value is -2.86. The van der Waals surface area contributed by atoms with Crippen LogP contribution >= 0.6 is 11.6 Å². The lowest BCUT2D eigenvalue weighted by molar-refractivity contribution is -0.144. The number of likely N-dealkylation sites (tertiary alicyclic amines) is 1. The molecule has 0 aromatic heterocycles. The topological polar surface area (TPSA) is 66.9 Å². The number of nitrogens with zero attached hydrogens (tertiary/aromatic N) is 2. The van der Waals surface area contributed by atoms with Crippen LogP contribution in [0.2, 0.25) is 5.02 Å². The Morgan fingerprint density at radius 3 is 2.41 bits per heavy atom. The lowest BCUT2D eigenvalue weighted by Crippen LogP contribution is -2.45. The van der Waals surface area contributed by atoms with Crippen LogP contribution in [-0.4, -0.2) is 47.7 Å². The first-order chi connectivity index (χ1) is 16.3. The van der Waals surface area contributed by atoms with Gasteiger partial charge in [-0.1, -0.05) is 54.8 Å². The van der Waals surface area contributed by atoms with Crippen molar-refractivity contribution in [1.82, 2.24) is 9.80 Å². The van der Waals surface area contributed by atoms with Crippen molar-refractivity contribution in [3.8, 4) is 5.75 Å². The van der Waals surface area contributed by atoms with E-state index in [-0.39, 0.29) is 42.6 Å². The molecule has 1 saturated carbocycles. The van der Waals surface area contributed by atoms with Crippen LogP contribution in [-0.2, 0) is 19.8 Å². The van der Waals surface area contributed by atoms with E-state index in [0.717, 1.165) is 37.0 Å². The van der Waals surface area contributed by atoms with E-state index < -0.39 is 5.41 Å². The van der Waals surface area contributed by atoms with E-state index in [1.807, 2.05) is 31.2 Å². The summed E-state index contributed by atoms with van der Waals surface area (Å²) in [7, 11) is 3.34. The van der Waals surface area contributed by atoms with Crippen LogP contribution in [0.25, 0.3) is 0 Å². The number of ether oxygens (including phenoxy) is 1. The number of benzene rings is 2. The quantitative estimate of drug-likeness (QED) is 0.526. The summed E-state index contributed by atoms with van der Waals surface area (Å²) in [5.41, 5.74) is 0.211. The van der Waals surface area contributed by atoms with Crippen molar-refractivity contribution in [3.05, 3.63) is 64.7 Å². The predicted octanol–water partition coefficient (Wildman–Crippen LogP) is 4.90. The van der Waals surface area contributed by atoms with E-state index in [1.165, 1.54) is 4.90 Å². The Bertz CT molecular complexity index is 1080. The van der Waals surface area contributed by atoms with Crippen LogP contribution in [0, 0.1) is 0 Å². The second-order valence-electron chi connectivity index (χ2n) is 9.38. The lowest BCUT2D eigenvalue weighted by atomic mass is 9.75. The fourth-order valence-electron chi connectivity index (χ4n) is 5.29. The minimum atomic E-state index is -1.29. The number of amides is 3. The zero-order valence-electron chi connectivity index (χ0n) is 19.9. The van der Waals surface area contributed by atoms with Gasteiger partial charge >= 0.3 is 0 Å². The van der Waals surface area contributed by atoms with E-state index in [1.54, 1.807) is 43.3 Å². The predicted molar refractivity (Wildman–Crippen MR) is 131 cm³/mol. The molecule has 0 bridgehead atoms. The maximum atomic E-state index is 13.9. The van der Waals surface area contributed by atoms with Crippen molar-refractivity contribution in [3.63, 3.8) is 0 Å². The highest BCUT2D eigenvalue weighted by Gasteiger charge is 2.56. The fourth-order valence-corrected chi connectivity index (χ4v) is 5.61. The Kier molecular flexibility index (Phi) is 6.99. The molecule has 2 aromatic rings. The maximum absolute atomic E-state index is 13.9. The molecule has 180 valence electrons. The van der Waals surface area contributed by atoms with E-state index in [9.17, 15) is 14.4 Å². The van der Waals surface area contributed by atoms with Gasteiger partial charge in [-0.2, -0.15) is 0 Å². The molecule has 2 aliphatic rings. The van der Waals surface area contributed by atoms with Gasteiger partial charge in [0.25, 0.3) is 0 Å². The molecule has 3 amide bonds. The normalized spacial score (nSPS) is 21.7. The molecule has 7 heteroatoms. The van der Waals surface area contributed by atoms with Crippen molar-refractivity contribution in [1.29, 1.82) is 0 Å². The molecule has 34 heavy (non-hydrogen) atoms. The molecule has 1 aliphatic carbocycles. The zero-order valence-corrected chi connectivity index (χ0v) is 20.7. The van der Waals surface area contributed by atoms with Gasteiger partial charge < -0.3 is 9.64 Å². The highest BCUT2D eigenvalue weighted by Crippen LogP contribution is 2.45. The average Bonchev–Trinajstić information content (AvgIpc) is 3.45. The van der Waals surface area contributed by atoms with Crippen molar-refractivity contribution in [2.75, 3.05) is 14.2 Å². The van der Waals surface area contributed by atoms with E-state index >= 15 is 0 Å². The van der Waals surface area contributed by atoms with E-state index in [2.05, 4.69) is 0 Å². The minimum Gasteiger partial charge on any atom is -0.497 e. The monoisotopic (exact) mass is 482 g/mol. The van der Waals surface area contributed by atoms with E-state index in [4.69, 9.17) is 16.3 Å². The Balaban J connectivity index is 1.65. The van der Waals surface area contributed by atoms with Crippen molar-refractivity contribution >= 4 is 29.3 Å². The summed E-state index contributed by atoms with van der Waals surface area (Å²) < 4.78 is 5.23. The van der Waals surface area contributed by atoms with Gasteiger partial charge in [0.05, 0.1) is 18.6 Å². The number of hydrogen-bond acceptors (Lipinski definition) is 4. The summed E-state index contributed by atoms with van der Waals surface area (Å²) in [6.07, 6.45) is 3.49. The van der Waals surface area contributed by atoms with Crippen molar-refractivity contribution in [2.24, 2.45) is 0 Å². The molecule has 0 N–H and O–H groups in total. The smallest absolute Gasteiger partial charge is 0.241 e. The van der Waals surface area contributed by atoms with Gasteiger partial charge in [-0.05, 0) is 49.1 Å². The van der Waals surface area contributed by atoms with E-state index in [0.29, 0.717) is 10.6 Å². The second kappa shape index (κ2) is 9.79. The summed E-state index contributed by atoms with van der Waals surface area (Å²) in [5.74, 6) is 0.0224. The summed E-state index contributed by atoms with van der Waals surface area (Å²) in [6, 6.07) is 14.3. The number of imide groups is 1. The number of halogens is 1. The Morgan fingerprint density at radius 2 is 1.79 bits per heavy atom. The first-order valence-electron chi connectivity index (χ1n) is 11.8. The molecule has 0 spiro atoms. The highest BCUT2D eigenvalue weighted by molar-refractivity contribution is 6.32. The highest BCUT2D eigenvalue weighted by atomic mass is 35.5. The molecule has 4 rings (SSSR count). The SMILES string of the molecule is COc1ccc([C@@H](C)N(C)C(=O)C[C@]2(c3ccccc3Cl)CC(=O)N(C3CCCC3)C2=O)cc1. The lowest BCUT2D eigenvalue weighted by Gasteiger charge is -2.33. The third-order valence-electron chi connectivity index (χ3n) is 7.45. The third-order valence-corrected chi connectivity index (χ3v) is 7.78. The molecule has 2 atom stereocenters. The van der Waals surface area contributed by atoms with Crippen LogP contribution in [0.5, 0.6) is 5.75 Å². The molecule has 0 unspecified atom stereocenters. The number of methoxy groups -OCH3 is 1. The molecular formula is C27H31ClN2O4. The molecule has 6 nitrogen and oxygen atoms in total. The van der Waals surface area contributed by atoms with Crippen LogP contribution in [0.4, 0.5) is 0 Å². The zero-order chi connectivity index (χ0) is 24.5. The number of carbonyl (C=O) groups excluding carboxylic acids is 3. The fraction of sp³-hybridized carbons (Fsp3) is 0.444. The largest absolute Gasteiger partial charge is 0.497 e. The van der Waals surface area contributed by atoms with Gasteiger partial charge in [0.15, 0.2) is 0 Å². The van der Waals surface area contributed by atoms with Gasteiger partial charge in [0.2, 0.25) is 17.7 Å². The standard InChI is InChI=1S/C27H31ClN2O4/c1-18(19-12-14-21(34-3)15-13-19)29(2)24(31)16-27(22-10-6-7-11-23(22)28)17-25(32)30(26(27)33)20-8-4-5-9-20/h6-7,10-15,18,20H,4-5,8-9,16-17H2,1-3H3/t18-,27-/m1/s1. The van der Waals surface area contributed by atoms with Gasteiger partial charge in [-0.3, -0.25) is 19.3 Å². The summed E-state index contributed by atoms with van der Waals surface area (Å²) in [6.45, 7) is 1.94. The number of rotatable bonds is 7. The molecule has 2 aromatic carbocycles. The van der Waals surface area contributed by atoms with Crippen LogP contribution in [0.15, 0.2) is 48.5 Å². The number of carbonyl (C=O) groups is 3. The van der Waals surface area contributed by atoms with Crippen molar-refractivity contribution < 1.29 is 19.1 Å². The maximum Gasteiger partial charge on any atom is 0.241 e. The van der Waals surface area contributed by atoms with Crippen molar-refractivity contribution in [2.45, 2.75) is 62.9 Å². The third kappa shape index (κ3) is 4.31. The molecule has 2 fully saturated rings. The first-order valence-corrected chi connectivity index (χ1v) is 12.2. The Morgan fingerprint density at radius 1 is 1.15 bits per heavy atom. The van der Waals surface area contributed by atoms with Gasteiger partial charge in [-0.25, -0.2) is 0 Å². The van der Waals surface area contributed by atoms with Gasteiger partial charge in [0.1, 0.15) is 5.75 Å². The average molecular weight is 483 g/mol. The molecular weight excluding hydrogens is 452 g/mol. The summed E-state index contributed by atoms with van der Waals surface area (Å²) in [5, 5.41) is 0.399. The Labute approximate surface area is 205 Å². The van der Waals surface area contributed by atoms with Crippen LogP contribution in [0.1, 0.15) is 62.6 Å². The van der Waals surface area contributed by atoms with Crippen LogP contribution < -0.4 is 4.74 Å². The number of hydrogen-bond donors (Lipinski definition) is 0.